The third-order valence-electron chi connectivity index (χ3n) is 5.74. The first-order valence-electron chi connectivity index (χ1n) is 11.9. The van der Waals surface area contributed by atoms with Crippen LogP contribution in [-0.4, -0.2) is 16.9 Å². The molecule has 200 valence electrons. The Kier molecular flexibility index (Phi) is 7.35. The molecule has 4 aromatic carbocycles. The van der Waals surface area contributed by atoms with Crippen LogP contribution in [-0.2, 0) is 15.8 Å². The predicted octanol–water partition coefficient (Wildman–Crippen LogP) is 7.12. The van der Waals surface area contributed by atoms with Gasteiger partial charge in [0.15, 0.2) is 5.11 Å². The van der Waals surface area contributed by atoms with Crippen LogP contribution in [0.3, 0.4) is 0 Å². The molecule has 4 aromatic rings. The van der Waals surface area contributed by atoms with Crippen LogP contribution in [0, 0.1) is 0 Å². The number of carbonyl (C=O) groups excluding carboxylic acids is 2. The molecule has 0 atom stereocenters. The van der Waals surface area contributed by atoms with Gasteiger partial charge >= 0.3 is 6.18 Å². The van der Waals surface area contributed by atoms with Crippen molar-refractivity contribution in [3.63, 3.8) is 0 Å². The zero-order valence-electron chi connectivity index (χ0n) is 20.5. The minimum atomic E-state index is -4.51. The van der Waals surface area contributed by atoms with Crippen molar-refractivity contribution >= 4 is 40.9 Å². The van der Waals surface area contributed by atoms with Gasteiger partial charge in [-0.2, -0.15) is 13.2 Å². The van der Waals surface area contributed by atoms with Crippen molar-refractivity contribution in [1.82, 2.24) is 5.32 Å². The van der Waals surface area contributed by atoms with Gasteiger partial charge in [-0.25, -0.2) is 0 Å². The average molecular weight is 561 g/mol. The van der Waals surface area contributed by atoms with E-state index >= 15 is 0 Å². The van der Waals surface area contributed by atoms with E-state index in [0.717, 1.165) is 12.1 Å². The molecule has 2 amide bonds. The number of ether oxygens (including phenoxy) is 2. The predicted molar refractivity (Wildman–Crippen MR) is 147 cm³/mol. The molecule has 0 aliphatic carbocycles. The molecule has 6 nitrogen and oxygen atoms in total. The zero-order chi connectivity index (χ0) is 28.3. The van der Waals surface area contributed by atoms with Crippen LogP contribution in [0.2, 0.25) is 0 Å². The van der Waals surface area contributed by atoms with Gasteiger partial charge in [-0.15, -0.1) is 0 Å². The molecule has 1 aliphatic heterocycles. The van der Waals surface area contributed by atoms with Crippen LogP contribution < -0.4 is 19.7 Å². The number of halogens is 3. The molecule has 1 heterocycles. The number of amides is 2. The Morgan fingerprint density at radius 2 is 1.32 bits per heavy atom. The van der Waals surface area contributed by atoms with Crippen LogP contribution in [0.5, 0.6) is 23.0 Å². The van der Waals surface area contributed by atoms with Gasteiger partial charge in [0.2, 0.25) is 0 Å². The monoisotopic (exact) mass is 560 g/mol. The Morgan fingerprint density at radius 3 is 2.02 bits per heavy atom. The van der Waals surface area contributed by atoms with Gasteiger partial charge in [0.25, 0.3) is 11.8 Å². The normalized spacial score (nSPS) is 14.7. The van der Waals surface area contributed by atoms with Crippen LogP contribution in [0.1, 0.15) is 11.1 Å². The first-order chi connectivity index (χ1) is 19.2. The molecule has 40 heavy (non-hydrogen) atoms. The lowest BCUT2D eigenvalue weighted by Gasteiger charge is -2.29. The summed E-state index contributed by atoms with van der Waals surface area (Å²) in [7, 11) is 0. The number of rotatable bonds is 6. The number of carbonyl (C=O) groups is 2. The summed E-state index contributed by atoms with van der Waals surface area (Å²) in [6, 6.07) is 26.5. The van der Waals surface area contributed by atoms with E-state index in [2.05, 4.69) is 5.32 Å². The summed E-state index contributed by atoms with van der Waals surface area (Å²) < 4.78 is 50.5. The Hall–Kier alpha value is -4.96. The smallest absolute Gasteiger partial charge is 0.416 e. The van der Waals surface area contributed by atoms with Crippen molar-refractivity contribution < 1.29 is 32.2 Å². The van der Waals surface area contributed by atoms with E-state index < -0.39 is 23.6 Å². The molecule has 0 bridgehead atoms. The molecule has 1 N–H and O–H groups in total. The second-order valence-electron chi connectivity index (χ2n) is 8.57. The van der Waals surface area contributed by atoms with E-state index in [0.29, 0.717) is 22.7 Å². The van der Waals surface area contributed by atoms with Crippen molar-refractivity contribution in [2.45, 2.75) is 6.18 Å². The number of nitrogens with one attached hydrogen (secondary N) is 1. The molecule has 0 saturated carbocycles. The van der Waals surface area contributed by atoms with Gasteiger partial charge in [-0.05, 0) is 90.6 Å². The summed E-state index contributed by atoms with van der Waals surface area (Å²) >= 11 is 5.26. The van der Waals surface area contributed by atoms with Gasteiger partial charge in [-0.1, -0.05) is 36.4 Å². The number of benzene rings is 4. The average Bonchev–Trinajstić information content (AvgIpc) is 2.92. The van der Waals surface area contributed by atoms with E-state index in [1.54, 1.807) is 42.5 Å². The second-order valence-corrected chi connectivity index (χ2v) is 8.95. The number of alkyl halides is 3. The van der Waals surface area contributed by atoms with Gasteiger partial charge < -0.3 is 9.47 Å². The number of nitrogens with zero attached hydrogens (tertiary/aromatic N) is 1. The van der Waals surface area contributed by atoms with Crippen LogP contribution in [0.15, 0.2) is 109 Å². The Bertz CT molecular complexity index is 1620. The number of hydrogen-bond donors (Lipinski definition) is 1. The highest BCUT2D eigenvalue weighted by Crippen LogP contribution is 2.33. The largest absolute Gasteiger partial charge is 0.457 e. The molecule has 5 rings (SSSR count). The lowest BCUT2D eigenvalue weighted by molar-refractivity contribution is -0.137. The quantitative estimate of drug-likeness (QED) is 0.155. The highest BCUT2D eigenvalue weighted by Gasteiger charge is 2.34. The summed E-state index contributed by atoms with van der Waals surface area (Å²) in [5.74, 6) is 0.0782. The molecule has 1 aliphatic rings. The lowest BCUT2D eigenvalue weighted by atomic mass is 10.1. The van der Waals surface area contributed by atoms with Crippen molar-refractivity contribution in [1.29, 1.82) is 0 Å². The summed E-state index contributed by atoms with van der Waals surface area (Å²) in [6.07, 6.45) is -3.15. The number of thiocarbonyl (C=S) groups is 1. The highest BCUT2D eigenvalue weighted by atomic mass is 32.1. The Labute approximate surface area is 232 Å². The number of para-hydroxylation sites is 1. The van der Waals surface area contributed by atoms with Crippen molar-refractivity contribution in [2.24, 2.45) is 0 Å². The molecule has 0 unspecified atom stereocenters. The van der Waals surface area contributed by atoms with Gasteiger partial charge in [0.1, 0.15) is 28.6 Å². The maximum absolute atomic E-state index is 13.4. The summed E-state index contributed by atoms with van der Waals surface area (Å²) in [5, 5.41) is 2.44. The van der Waals surface area contributed by atoms with E-state index in [4.69, 9.17) is 21.7 Å². The standard InChI is InChI=1S/C30H19F3N2O4S/c31-30(32,33)20-7-5-11-25(18-20)39-24-10-4-6-19(16-24)17-26-27(36)34-29(40)35(28(26)37)21-12-14-23(15-13-21)38-22-8-2-1-3-9-22/h1-18H,(H,34,36,40)/b26-17+. The minimum absolute atomic E-state index is 0.0117. The SMILES string of the molecule is O=C1NC(=S)N(c2ccc(Oc3ccccc3)cc2)C(=O)/C1=C/c1cccc(Oc2cccc(C(F)(F)F)c2)c1. The van der Waals surface area contributed by atoms with Crippen molar-refractivity contribution in [3.8, 4) is 23.0 Å². The van der Waals surface area contributed by atoms with Crippen molar-refractivity contribution in [2.75, 3.05) is 4.90 Å². The highest BCUT2D eigenvalue weighted by molar-refractivity contribution is 7.80. The van der Waals surface area contributed by atoms with Gasteiger partial charge in [-0.3, -0.25) is 19.8 Å². The summed E-state index contributed by atoms with van der Waals surface area (Å²) in [4.78, 5) is 27.3. The second kappa shape index (κ2) is 11.0. The van der Waals surface area contributed by atoms with Crippen LogP contribution in [0.4, 0.5) is 18.9 Å². The van der Waals surface area contributed by atoms with Crippen LogP contribution >= 0.6 is 12.2 Å². The molecule has 0 aromatic heterocycles. The fourth-order valence-electron chi connectivity index (χ4n) is 3.89. The van der Waals surface area contributed by atoms with Gasteiger partial charge in [0, 0.05) is 0 Å². The molecule has 0 spiro atoms. The number of anilines is 1. The maximum atomic E-state index is 13.4. The maximum Gasteiger partial charge on any atom is 0.416 e. The lowest BCUT2D eigenvalue weighted by Crippen LogP contribution is -2.54. The molecular weight excluding hydrogens is 541 g/mol. The third kappa shape index (κ3) is 6.02. The Balaban J connectivity index is 1.36. The molecular formula is C30H19F3N2O4S. The molecule has 0 radical (unpaired) electrons. The molecule has 1 fully saturated rings. The van der Waals surface area contributed by atoms with E-state index in [9.17, 15) is 22.8 Å². The Morgan fingerprint density at radius 1 is 0.725 bits per heavy atom. The first kappa shape index (κ1) is 26.6. The summed E-state index contributed by atoms with van der Waals surface area (Å²) in [5.41, 5.74) is -0.191. The van der Waals surface area contributed by atoms with Crippen molar-refractivity contribution in [3.05, 3.63) is 120 Å². The van der Waals surface area contributed by atoms with Crippen LogP contribution in [0.25, 0.3) is 6.08 Å². The fourth-order valence-corrected chi connectivity index (χ4v) is 4.17. The summed E-state index contributed by atoms with van der Waals surface area (Å²) in [6.45, 7) is 0. The zero-order valence-corrected chi connectivity index (χ0v) is 21.3. The van der Waals surface area contributed by atoms with Gasteiger partial charge in [0.05, 0.1) is 11.3 Å². The first-order valence-corrected chi connectivity index (χ1v) is 12.3. The van der Waals surface area contributed by atoms with E-state index in [1.807, 2.05) is 30.3 Å². The van der Waals surface area contributed by atoms with E-state index in [-0.39, 0.29) is 22.2 Å². The molecule has 1 saturated heterocycles. The number of hydrogen-bond acceptors (Lipinski definition) is 5. The van der Waals surface area contributed by atoms with E-state index in [1.165, 1.54) is 29.2 Å². The fraction of sp³-hybridized carbons (Fsp3) is 0.0333. The topological polar surface area (TPSA) is 67.9 Å². The third-order valence-corrected chi connectivity index (χ3v) is 6.03. The molecule has 10 heteroatoms. The minimum Gasteiger partial charge on any atom is -0.457 e.